The molecule has 0 saturated carbocycles. The topological polar surface area (TPSA) is 21.3 Å². The quantitative estimate of drug-likeness (QED) is 0.833. The van der Waals surface area contributed by atoms with Crippen molar-refractivity contribution in [2.24, 2.45) is 5.92 Å². The van der Waals surface area contributed by atoms with Gasteiger partial charge in [-0.05, 0) is 56.3 Å². The summed E-state index contributed by atoms with van der Waals surface area (Å²) in [4.78, 5) is 0. The lowest BCUT2D eigenvalue weighted by Crippen LogP contribution is -2.31. The molecule has 2 nitrogen and oxygen atoms in total. The van der Waals surface area contributed by atoms with Crippen LogP contribution in [-0.4, -0.2) is 20.2 Å². The van der Waals surface area contributed by atoms with Crippen molar-refractivity contribution in [2.45, 2.75) is 46.6 Å². The van der Waals surface area contributed by atoms with Crippen molar-refractivity contribution in [3.05, 3.63) is 28.8 Å². The molecular weight excluding hydrogens is 222 g/mol. The van der Waals surface area contributed by atoms with E-state index in [4.69, 9.17) is 4.74 Å². The SMILES string of the molecule is CNC(CCc1ccc(C)c(C)c1OC)C(C)C. The average Bonchev–Trinajstić information content (AvgIpc) is 2.34. The maximum Gasteiger partial charge on any atom is 0.125 e. The standard InChI is InChI=1S/C16H27NO/c1-11(2)15(17-5)10-9-14-8-7-12(3)13(4)16(14)18-6/h7-8,11,15,17H,9-10H2,1-6H3. The van der Waals surface area contributed by atoms with Gasteiger partial charge in [-0.2, -0.15) is 0 Å². The number of rotatable bonds is 6. The smallest absolute Gasteiger partial charge is 0.125 e. The van der Waals surface area contributed by atoms with Crippen molar-refractivity contribution in [3.8, 4) is 5.75 Å². The second-order valence-corrected chi connectivity index (χ2v) is 5.38. The minimum Gasteiger partial charge on any atom is -0.496 e. The highest BCUT2D eigenvalue weighted by atomic mass is 16.5. The van der Waals surface area contributed by atoms with Gasteiger partial charge in [0.25, 0.3) is 0 Å². The first-order valence-electron chi connectivity index (χ1n) is 6.81. The van der Waals surface area contributed by atoms with Crippen LogP contribution in [0.2, 0.25) is 0 Å². The lowest BCUT2D eigenvalue weighted by Gasteiger charge is -2.21. The Balaban J connectivity index is 2.82. The number of ether oxygens (including phenoxy) is 1. The highest BCUT2D eigenvalue weighted by molar-refractivity contribution is 5.45. The molecule has 1 aromatic carbocycles. The van der Waals surface area contributed by atoms with Gasteiger partial charge in [-0.15, -0.1) is 0 Å². The zero-order valence-corrected chi connectivity index (χ0v) is 12.6. The van der Waals surface area contributed by atoms with Gasteiger partial charge < -0.3 is 10.1 Å². The molecule has 1 unspecified atom stereocenters. The first kappa shape index (κ1) is 15.0. The number of aryl methyl sites for hydroxylation is 2. The van der Waals surface area contributed by atoms with Crippen molar-refractivity contribution >= 4 is 0 Å². The molecule has 0 bridgehead atoms. The fourth-order valence-corrected chi connectivity index (χ4v) is 2.45. The maximum atomic E-state index is 5.56. The van der Waals surface area contributed by atoms with Crippen LogP contribution < -0.4 is 10.1 Å². The number of benzene rings is 1. The summed E-state index contributed by atoms with van der Waals surface area (Å²) in [5, 5.41) is 3.39. The Kier molecular flexibility index (Phi) is 5.67. The fourth-order valence-electron chi connectivity index (χ4n) is 2.45. The van der Waals surface area contributed by atoms with E-state index in [1.165, 1.54) is 16.7 Å². The third-order valence-electron chi connectivity index (χ3n) is 3.86. The van der Waals surface area contributed by atoms with Crippen molar-refractivity contribution < 1.29 is 4.74 Å². The van der Waals surface area contributed by atoms with Crippen LogP contribution >= 0.6 is 0 Å². The van der Waals surface area contributed by atoms with Crippen LogP contribution in [0.4, 0.5) is 0 Å². The van der Waals surface area contributed by atoms with Crippen LogP contribution in [0.5, 0.6) is 5.75 Å². The highest BCUT2D eigenvalue weighted by Crippen LogP contribution is 2.27. The Morgan fingerprint density at radius 1 is 1.22 bits per heavy atom. The molecule has 102 valence electrons. The molecule has 0 saturated heterocycles. The Bertz CT molecular complexity index is 385. The second-order valence-electron chi connectivity index (χ2n) is 5.38. The molecule has 0 amide bonds. The molecule has 1 N–H and O–H groups in total. The Morgan fingerprint density at radius 2 is 1.89 bits per heavy atom. The zero-order chi connectivity index (χ0) is 13.7. The molecule has 1 atom stereocenters. The van der Waals surface area contributed by atoms with Crippen molar-refractivity contribution in [2.75, 3.05) is 14.2 Å². The zero-order valence-electron chi connectivity index (χ0n) is 12.6. The molecule has 0 aliphatic rings. The van der Waals surface area contributed by atoms with E-state index in [0.29, 0.717) is 12.0 Å². The summed E-state index contributed by atoms with van der Waals surface area (Å²) in [6, 6.07) is 4.96. The molecule has 0 fully saturated rings. The van der Waals surface area contributed by atoms with E-state index >= 15 is 0 Å². The van der Waals surface area contributed by atoms with Crippen molar-refractivity contribution in [1.82, 2.24) is 5.32 Å². The van der Waals surface area contributed by atoms with E-state index in [1.807, 2.05) is 7.05 Å². The highest BCUT2D eigenvalue weighted by Gasteiger charge is 2.13. The van der Waals surface area contributed by atoms with Crippen molar-refractivity contribution in [3.63, 3.8) is 0 Å². The first-order chi connectivity index (χ1) is 8.51. The van der Waals surface area contributed by atoms with Gasteiger partial charge in [-0.3, -0.25) is 0 Å². The summed E-state index contributed by atoms with van der Waals surface area (Å²) in [6.45, 7) is 8.79. The minimum absolute atomic E-state index is 0.566. The van der Waals surface area contributed by atoms with Gasteiger partial charge in [0, 0.05) is 6.04 Å². The second kappa shape index (κ2) is 6.79. The molecule has 1 rings (SSSR count). The largest absolute Gasteiger partial charge is 0.496 e. The van der Waals surface area contributed by atoms with Crippen LogP contribution in [0, 0.1) is 19.8 Å². The summed E-state index contributed by atoms with van der Waals surface area (Å²) in [6.07, 6.45) is 2.21. The summed E-state index contributed by atoms with van der Waals surface area (Å²) in [5.41, 5.74) is 3.88. The normalized spacial score (nSPS) is 12.8. The first-order valence-corrected chi connectivity index (χ1v) is 6.81. The van der Waals surface area contributed by atoms with Gasteiger partial charge in [0.2, 0.25) is 0 Å². The molecule has 2 heteroatoms. The van der Waals surface area contributed by atoms with E-state index < -0.39 is 0 Å². The molecule has 0 radical (unpaired) electrons. The Hall–Kier alpha value is -1.02. The van der Waals surface area contributed by atoms with Crippen LogP contribution in [0.3, 0.4) is 0 Å². The molecule has 18 heavy (non-hydrogen) atoms. The summed E-state index contributed by atoms with van der Waals surface area (Å²) in [7, 11) is 3.81. The third-order valence-corrected chi connectivity index (χ3v) is 3.86. The number of nitrogens with one attached hydrogen (secondary N) is 1. The molecule has 0 spiro atoms. The molecule has 1 aromatic rings. The van der Waals surface area contributed by atoms with Crippen LogP contribution in [0.15, 0.2) is 12.1 Å². The van der Waals surface area contributed by atoms with Gasteiger partial charge in [0.1, 0.15) is 5.75 Å². The lowest BCUT2D eigenvalue weighted by atomic mass is 9.94. The Morgan fingerprint density at radius 3 is 2.39 bits per heavy atom. The van der Waals surface area contributed by atoms with Gasteiger partial charge in [-0.25, -0.2) is 0 Å². The van der Waals surface area contributed by atoms with E-state index in [2.05, 4.69) is 45.1 Å². The summed E-state index contributed by atoms with van der Waals surface area (Å²) < 4.78 is 5.56. The van der Waals surface area contributed by atoms with Crippen LogP contribution in [0.25, 0.3) is 0 Å². The number of methoxy groups -OCH3 is 1. The van der Waals surface area contributed by atoms with Gasteiger partial charge in [0.15, 0.2) is 0 Å². The number of hydrogen-bond donors (Lipinski definition) is 1. The van der Waals surface area contributed by atoms with E-state index in [0.717, 1.165) is 18.6 Å². The van der Waals surface area contributed by atoms with Gasteiger partial charge in [0.05, 0.1) is 7.11 Å². The summed E-state index contributed by atoms with van der Waals surface area (Å²) >= 11 is 0. The van der Waals surface area contributed by atoms with Gasteiger partial charge in [-0.1, -0.05) is 26.0 Å². The Labute approximate surface area is 112 Å². The lowest BCUT2D eigenvalue weighted by molar-refractivity contribution is 0.388. The summed E-state index contributed by atoms with van der Waals surface area (Å²) in [5.74, 6) is 1.72. The van der Waals surface area contributed by atoms with Gasteiger partial charge >= 0.3 is 0 Å². The molecule has 0 aliphatic heterocycles. The predicted molar refractivity (Wildman–Crippen MR) is 78.5 cm³/mol. The predicted octanol–water partition coefficient (Wildman–Crippen LogP) is 3.49. The van der Waals surface area contributed by atoms with E-state index in [-0.39, 0.29) is 0 Å². The van der Waals surface area contributed by atoms with E-state index in [1.54, 1.807) is 7.11 Å². The molecule has 0 heterocycles. The van der Waals surface area contributed by atoms with Crippen LogP contribution in [-0.2, 0) is 6.42 Å². The fraction of sp³-hybridized carbons (Fsp3) is 0.625. The van der Waals surface area contributed by atoms with Crippen LogP contribution in [0.1, 0.15) is 37.0 Å². The van der Waals surface area contributed by atoms with E-state index in [9.17, 15) is 0 Å². The molecule has 0 aromatic heterocycles. The number of hydrogen-bond acceptors (Lipinski definition) is 2. The monoisotopic (exact) mass is 249 g/mol. The molecule has 0 aliphatic carbocycles. The minimum atomic E-state index is 0.566. The van der Waals surface area contributed by atoms with Crippen molar-refractivity contribution in [1.29, 1.82) is 0 Å². The molecular formula is C16H27NO. The maximum absolute atomic E-state index is 5.56. The average molecular weight is 249 g/mol. The third kappa shape index (κ3) is 3.49.